The summed E-state index contributed by atoms with van der Waals surface area (Å²) < 4.78 is 32.2. The van der Waals surface area contributed by atoms with Gasteiger partial charge < -0.3 is 4.52 Å². The van der Waals surface area contributed by atoms with Crippen LogP contribution < -0.4 is 0 Å². The lowest BCUT2D eigenvalue weighted by molar-refractivity contribution is 0.163. The van der Waals surface area contributed by atoms with Crippen LogP contribution in [0.4, 0.5) is 0 Å². The molecule has 0 spiro atoms. The second-order valence-electron chi connectivity index (χ2n) is 6.94. The molecule has 0 saturated carbocycles. The molecule has 0 N–H and O–H groups in total. The van der Waals surface area contributed by atoms with Crippen LogP contribution in [-0.4, -0.2) is 53.9 Å². The summed E-state index contributed by atoms with van der Waals surface area (Å²) in [6.07, 6.45) is 0. The van der Waals surface area contributed by atoms with Gasteiger partial charge in [-0.1, -0.05) is 47.1 Å². The molecule has 1 aliphatic heterocycles. The second kappa shape index (κ2) is 8.62. The van der Waals surface area contributed by atoms with Crippen molar-refractivity contribution in [3.63, 3.8) is 0 Å². The Morgan fingerprint density at radius 2 is 1.66 bits per heavy atom. The minimum absolute atomic E-state index is 0.0297. The van der Waals surface area contributed by atoms with Crippen LogP contribution in [0.15, 0.2) is 59.1 Å². The van der Waals surface area contributed by atoms with Gasteiger partial charge in [-0.15, -0.1) is 0 Å². The quantitative estimate of drug-likeness (QED) is 0.595. The maximum absolute atomic E-state index is 12.7. The molecule has 1 fully saturated rings. The normalized spacial score (nSPS) is 16.2. The fourth-order valence-corrected chi connectivity index (χ4v) is 4.91. The number of halogens is 1. The standard InChI is InChI=1S/C20H21ClN4O3S/c21-18-8-6-17(7-9-18)20-22-19(28-23-20)14-24-10-12-25(13-11-24)29(26,27)15-16-4-2-1-3-5-16/h1-9H,10-15H2. The molecule has 0 bridgehead atoms. The smallest absolute Gasteiger partial charge is 0.241 e. The van der Waals surface area contributed by atoms with E-state index < -0.39 is 10.0 Å². The summed E-state index contributed by atoms with van der Waals surface area (Å²) in [4.78, 5) is 6.55. The minimum Gasteiger partial charge on any atom is -0.338 e. The van der Waals surface area contributed by atoms with Gasteiger partial charge in [0, 0.05) is 36.8 Å². The van der Waals surface area contributed by atoms with Crippen molar-refractivity contribution in [3.8, 4) is 11.4 Å². The number of piperazine rings is 1. The molecule has 0 radical (unpaired) electrons. The van der Waals surface area contributed by atoms with Gasteiger partial charge >= 0.3 is 0 Å². The van der Waals surface area contributed by atoms with E-state index >= 15 is 0 Å². The highest BCUT2D eigenvalue weighted by Gasteiger charge is 2.27. The molecule has 7 nitrogen and oxygen atoms in total. The molecule has 0 unspecified atom stereocenters. The van der Waals surface area contributed by atoms with Crippen LogP contribution in [0.2, 0.25) is 5.02 Å². The van der Waals surface area contributed by atoms with Crippen LogP contribution in [0.1, 0.15) is 11.5 Å². The first kappa shape index (κ1) is 20.0. The Morgan fingerprint density at radius 3 is 2.34 bits per heavy atom. The van der Waals surface area contributed by atoms with E-state index in [2.05, 4.69) is 15.0 Å². The van der Waals surface area contributed by atoms with Crippen LogP contribution in [0.3, 0.4) is 0 Å². The van der Waals surface area contributed by atoms with Crippen LogP contribution in [0.5, 0.6) is 0 Å². The van der Waals surface area contributed by atoms with Crippen LogP contribution in [0.25, 0.3) is 11.4 Å². The zero-order valence-corrected chi connectivity index (χ0v) is 17.3. The molecule has 1 saturated heterocycles. The number of aromatic nitrogens is 2. The Balaban J connectivity index is 1.33. The van der Waals surface area contributed by atoms with E-state index in [1.54, 1.807) is 16.4 Å². The van der Waals surface area contributed by atoms with Crippen LogP contribution in [0, 0.1) is 0 Å². The van der Waals surface area contributed by atoms with Crippen molar-refractivity contribution in [2.75, 3.05) is 26.2 Å². The van der Waals surface area contributed by atoms with Gasteiger partial charge in [0.05, 0.1) is 12.3 Å². The largest absolute Gasteiger partial charge is 0.338 e. The minimum atomic E-state index is -3.32. The van der Waals surface area contributed by atoms with Gasteiger partial charge in [0.1, 0.15) is 0 Å². The third kappa shape index (κ3) is 5.02. The van der Waals surface area contributed by atoms with E-state index in [0.29, 0.717) is 49.5 Å². The molecule has 2 heterocycles. The molecule has 2 aromatic carbocycles. The summed E-state index contributed by atoms with van der Waals surface area (Å²) in [6.45, 7) is 2.63. The molecule has 1 aromatic heterocycles. The number of sulfonamides is 1. The predicted molar refractivity (Wildman–Crippen MR) is 111 cm³/mol. The Labute approximate surface area is 174 Å². The summed E-state index contributed by atoms with van der Waals surface area (Å²) in [5, 5.41) is 4.67. The molecule has 4 rings (SSSR count). The van der Waals surface area contributed by atoms with E-state index in [0.717, 1.165) is 11.1 Å². The van der Waals surface area contributed by atoms with Crippen molar-refractivity contribution in [2.24, 2.45) is 0 Å². The molecular weight excluding hydrogens is 412 g/mol. The van der Waals surface area contributed by atoms with Crippen LogP contribution in [-0.2, 0) is 22.3 Å². The van der Waals surface area contributed by atoms with Gasteiger partial charge in [-0.2, -0.15) is 9.29 Å². The maximum atomic E-state index is 12.7. The summed E-state index contributed by atoms with van der Waals surface area (Å²) in [7, 11) is -3.32. The lowest BCUT2D eigenvalue weighted by Crippen LogP contribution is -2.48. The zero-order valence-electron chi connectivity index (χ0n) is 15.7. The first-order valence-electron chi connectivity index (χ1n) is 9.32. The molecule has 3 aromatic rings. The zero-order chi connectivity index (χ0) is 20.3. The van der Waals surface area contributed by atoms with Gasteiger partial charge in [-0.25, -0.2) is 8.42 Å². The third-order valence-corrected chi connectivity index (χ3v) is 6.95. The number of hydrogen-bond donors (Lipinski definition) is 0. The van der Waals surface area contributed by atoms with E-state index in [4.69, 9.17) is 16.1 Å². The van der Waals surface area contributed by atoms with Crippen molar-refractivity contribution >= 4 is 21.6 Å². The van der Waals surface area contributed by atoms with E-state index in [1.165, 1.54) is 0 Å². The molecule has 0 amide bonds. The molecular formula is C20H21ClN4O3S. The van der Waals surface area contributed by atoms with E-state index in [9.17, 15) is 8.42 Å². The summed E-state index contributed by atoms with van der Waals surface area (Å²) >= 11 is 5.90. The average molecular weight is 433 g/mol. The van der Waals surface area contributed by atoms with Crippen molar-refractivity contribution in [1.82, 2.24) is 19.3 Å². The van der Waals surface area contributed by atoms with E-state index in [1.807, 2.05) is 42.5 Å². The van der Waals surface area contributed by atoms with Crippen LogP contribution >= 0.6 is 11.6 Å². The molecule has 1 aliphatic rings. The van der Waals surface area contributed by atoms with Gasteiger partial charge in [-0.05, 0) is 29.8 Å². The molecule has 152 valence electrons. The van der Waals surface area contributed by atoms with Gasteiger partial charge in [0.25, 0.3) is 0 Å². The molecule has 0 aliphatic carbocycles. The van der Waals surface area contributed by atoms with Gasteiger partial charge in [0.2, 0.25) is 21.7 Å². The first-order valence-corrected chi connectivity index (χ1v) is 11.3. The van der Waals surface area contributed by atoms with Gasteiger partial charge in [-0.3, -0.25) is 4.90 Å². The van der Waals surface area contributed by atoms with Crippen molar-refractivity contribution in [2.45, 2.75) is 12.3 Å². The summed E-state index contributed by atoms with van der Waals surface area (Å²) in [5.74, 6) is 1.05. The number of hydrogen-bond acceptors (Lipinski definition) is 6. The Morgan fingerprint density at radius 1 is 0.966 bits per heavy atom. The highest BCUT2D eigenvalue weighted by molar-refractivity contribution is 7.88. The monoisotopic (exact) mass is 432 g/mol. The third-order valence-electron chi connectivity index (χ3n) is 4.85. The molecule has 0 atom stereocenters. The fourth-order valence-electron chi connectivity index (χ4n) is 3.27. The maximum Gasteiger partial charge on any atom is 0.241 e. The van der Waals surface area contributed by atoms with Crippen molar-refractivity contribution in [1.29, 1.82) is 0 Å². The van der Waals surface area contributed by atoms with Gasteiger partial charge in [0.15, 0.2) is 0 Å². The highest BCUT2D eigenvalue weighted by atomic mass is 35.5. The molecule has 29 heavy (non-hydrogen) atoms. The Hall–Kier alpha value is -2.26. The average Bonchev–Trinajstić information content (AvgIpc) is 3.18. The first-order chi connectivity index (χ1) is 14.0. The lowest BCUT2D eigenvalue weighted by Gasteiger charge is -2.33. The Bertz CT molecular complexity index is 1050. The number of benzene rings is 2. The second-order valence-corrected chi connectivity index (χ2v) is 9.34. The lowest BCUT2D eigenvalue weighted by atomic mass is 10.2. The van der Waals surface area contributed by atoms with Crippen molar-refractivity contribution in [3.05, 3.63) is 71.1 Å². The summed E-state index contributed by atoms with van der Waals surface area (Å²) in [6, 6.07) is 16.5. The SMILES string of the molecule is O=S(=O)(Cc1ccccc1)N1CCN(Cc2nc(-c3ccc(Cl)cc3)no2)CC1. The highest BCUT2D eigenvalue weighted by Crippen LogP contribution is 2.20. The van der Waals surface area contributed by atoms with E-state index in [-0.39, 0.29) is 5.75 Å². The topological polar surface area (TPSA) is 79.5 Å². The summed E-state index contributed by atoms with van der Waals surface area (Å²) in [5.41, 5.74) is 1.64. The fraction of sp³-hybridized carbons (Fsp3) is 0.300. The number of rotatable bonds is 6. The molecule has 9 heteroatoms. The number of nitrogens with zero attached hydrogens (tertiary/aromatic N) is 4. The predicted octanol–water partition coefficient (Wildman–Crippen LogP) is 3.04. The van der Waals surface area contributed by atoms with Crippen molar-refractivity contribution < 1.29 is 12.9 Å². The Kier molecular flexibility index (Phi) is 5.96.